The number of piperidine rings is 1. The lowest BCUT2D eigenvalue weighted by Crippen LogP contribution is -2.51. The Labute approximate surface area is 130 Å². The summed E-state index contributed by atoms with van der Waals surface area (Å²) < 4.78 is 26.3. The minimum Gasteiger partial charge on any atom is -0.350 e. The third kappa shape index (κ3) is 4.05. The smallest absolute Gasteiger partial charge is 0.242 e. The zero-order chi connectivity index (χ0) is 16.3. The van der Waals surface area contributed by atoms with Crippen LogP contribution in [0.3, 0.4) is 0 Å². The van der Waals surface area contributed by atoms with Gasteiger partial charge in [0.1, 0.15) is 6.04 Å². The highest BCUT2D eigenvalue weighted by atomic mass is 32.2. The maximum atomic E-state index is 12.4. The number of rotatable bonds is 5. The summed E-state index contributed by atoms with van der Waals surface area (Å²) >= 11 is 0. The highest BCUT2D eigenvalue weighted by Crippen LogP contribution is 2.16. The van der Waals surface area contributed by atoms with Crippen LogP contribution in [0.1, 0.15) is 24.4 Å². The lowest BCUT2D eigenvalue weighted by molar-refractivity contribution is -0.124. The summed E-state index contributed by atoms with van der Waals surface area (Å²) in [6.45, 7) is 0.845. The molecule has 2 heterocycles. The number of nitrogens with zero attached hydrogens (tertiary/aromatic N) is 3. The average molecular weight is 329 g/mol. The van der Waals surface area contributed by atoms with Gasteiger partial charge in [0.25, 0.3) is 0 Å². The van der Waals surface area contributed by atoms with Crippen LogP contribution in [-0.2, 0) is 21.9 Å². The fourth-order valence-electron chi connectivity index (χ4n) is 2.68. The van der Waals surface area contributed by atoms with Gasteiger partial charge in [-0.2, -0.15) is 5.10 Å². The van der Waals surface area contributed by atoms with Gasteiger partial charge in [0.2, 0.25) is 15.9 Å². The van der Waals surface area contributed by atoms with E-state index in [9.17, 15) is 13.2 Å². The van der Waals surface area contributed by atoms with Crippen LogP contribution in [0.25, 0.3) is 0 Å². The molecule has 2 rings (SSSR count). The Morgan fingerprint density at radius 2 is 2.23 bits per heavy atom. The molecule has 124 valence electrons. The predicted octanol–water partition coefficient (Wildman–Crippen LogP) is -0.779. The largest absolute Gasteiger partial charge is 0.350 e. The van der Waals surface area contributed by atoms with E-state index in [2.05, 4.69) is 15.7 Å². The minimum absolute atomic E-state index is 0.163. The summed E-state index contributed by atoms with van der Waals surface area (Å²) in [7, 11) is 0.284. The summed E-state index contributed by atoms with van der Waals surface area (Å²) in [5, 5.41) is 9.97. The maximum absolute atomic E-state index is 12.4. The second-order valence-electron chi connectivity index (χ2n) is 5.64. The number of sulfonamides is 1. The van der Waals surface area contributed by atoms with Gasteiger partial charge in [-0.15, -0.1) is 0 Å². The maximum Gasteiger partial charge on any atom is 0.242 e. The summed E-state index contributed by atoms with van der Waals surface area (Å²) in [6.07, 6.45) is 6.15. The molecule has 1 saturated heterocycles. The fourth-order valence-corrected chi connectivity index (χ4v) is 3.60. The van der Waals surface area contributed by atoms with Gasteiger partial charge in [-0.1, -0.05) is 0 Å². The van der Waals surface area contributed by atoms with Gasteiger partial charge in [0.05, 0.1) is 12.5 Å². The molecule has 9 heteroatoms. The first-order chi connectivity index (χ1) is 10.3. The quantitative estimate of drug-likeness (QED) is 0.739. The topological polar surface area (TPSA) is 96.3 Å². The van der Waals surface area contributed by atoms with E-state index in [1.54, 1.807) is 31.2 Å². The van der Waals surface area contributed by atoms with E-state index in [-0.39, 0.29) is 11.9 Å². The van der Waals surface area contributed by atoms with E-state index >= 15 is 0 Å². The van der Waals surface area contributed by atoms with Crippen LogP contribution >= 0.6 is 0 Å². The molecule has 0 saturated carbocycles. The Morgan fingerprint density at radius 1 is 1.50 bits per heavy atom. The molecule has 8 nitrogen and oxygen atoms in total. The molecule has 2 unspecified atom stereocenters. The van der Waals surface area contributed by atoms with Crippen LogP contribution in [0.15, 0.2) is 12.4 Å². The molecule has 1 aromatic rings. The number of carbonyl (C=O) groups excluding carboxylic acids is 1. The van der Waals surface area contributed by atoms with E-state index in [0.29, 0.717) is 13.1 Å². The first kappa shape index (κ1) is 16.9. The molecule has 2 atom stereocenters. The molecular weight excluding hydrogens is 306 g/mol. The van der Waals surface area contributed by atoms with Crippen molar-refractivity contribution in [2.24, 2.45) is 7.05 Å². The molecule has 1 fully saturated rings. The summed E-state index contributed by atoms with van der Waals surface area (Å²) in [5.74, 6) is -0.171. The summed E-state index contributed by atoms with van der Waals surface area (Å²) in [6, 6.07) is -0.661. The van der Waals surface area contributed by atoms with Gasteiger partial charge in [-0.05, 0) is 19.9 Å². The van der Waals surface area contributed by atoms with Crippen LogP contribution in [0.5, 0.6) is 0 Å². The van der Waals surface area contributed by atoms with Crippen molar-refractivity contribution in [3.05, 3.63) is 18.0 Å². The first-order valence-electron chi connectivity index (χ1n) is 7.22. The number of aromatic nitrogens is 2. The monoisotopic (exact) mass is 329 g/mol. The Morgan fingerprint density at radius 3 is 2.77 bits per heavy atom. The van der Waals surface area contributed by atoms with Gasteiger partial charge in [-0.3, -0.25) is 9.48 Å². The highest BCUT2D eigenvalue weighted by Gasteiger charge is 2.29. The Kier molecular flexibility index (Phi) is 5.20. The van der Waals surface area contributed by atoms with Gasteiger partial charge in [-0.25, -0.2) is 12.7 Å². The number of aryl methyl sites for hydroxylation is 1. The molecule has 0 bridgehead atoms. The van der Waals surface area contributed by atoms with Crippen LogP contribution in [0, 0.1) is 0 Å². The number of nitrogens with one attached hydrogen (secondary N) is 2. The standard InChI is InChI=1S/C13H23N5O3S/c1-14-12(10-7-15-17(2)8-10)13(19)16-11-5-4-6-18(9-11)22(3,20)21/h7-8,11-12,14H,4-6,9H2,1-3H3,(H,16,19). The van der Waals surface area contributed by atoms with Gasteiger partial charge in [0.15, 0.2) is 0 Å². The van der Waals surface area contributed by atoms with E-state index < -0.39 is 16.1 Å². The summed E-state index contributed by atoms with van der Waals surface area (Å²) in [5.41, 5.74) is 0.776. The van der Waals surface area contributed by atoms with Gasteiger partial charge < -0.3 is 10.6 Å². The normalized spacial score (nSPS) is 21.5. The zero-order valence-electron chi connectivity index (χ0n) is 13.1. The lowest BCUT2D eigenvalue weighted by atomic mass is 10.1. The average Bonchev–Trinajstić information content (AvgIpc) is 2.85. The van der Waals surface area contributed by atoms with Gasteiger partial charge in [0, 0.05) is 37.9 Å². The molecule has 1 aliphatic rings. The van der Waals surface area contributed by atoms with Crippen molar-refractivity contribution >= 4 is 15.9 Å². The van der Waals surface area contributed by atoms with E-state index in [0.717, 1.165) is 18.4 Å². The fraction of sp³-hybridized carbons (Fsp3) is 0.692. The summed E-state index contributed by atoms with van der Waals surface area (Å²) in [4.78, 5) is 12.4. The zero-order valence-corrected chi connectivity index (χ0v) is 13.9. The molecule has 0 aromatic carbocycles. The lowest BCUT2D eigenvalue weighted by Gasteiger charge is -2.32. The Hall–Kier alpha value is -1.45. The number of hydrogen-bond donors (Lipinski definition) is 2. The molecule has 0 aliphatic carbocycles. The number of likely N-dealkylation sites (N-methyl/N-ethyl adjacent to an activating group) is 1. The molecule has 2 N–H and O–H groups in total. The van der Waals surface area contributed by atoms with Crippen LogP contribution in [-0.4, -0.2) is 60.8 Å². The predicted molar refractivity (Wildman–Crippen MR) is 82.6 cm³/mol. The Balaban J connectivity index is 2.01. The second kappa shape index (κ2) is 6.76. The molecule has 0 spiro atoms. The first-order valence-corrected chi connectivity index (χ1v) is 9.07. The SMILES string of the molecule is CNC(C(=O)NC1CCCN(S(C)(=O)=O)C1)c1cnn(C)c1. The third-order valence-corrected chi connectivity index (χ3v) is 5.08. The van der Waals surface area contributed by atoms with Crippen LogP contribution in [0.4, 0.5) is 0 Å². The van der Waals surface area contributed by atoms with Crippen LogP contribution in [0.2, 0.25) is 0 Å². The van der Waals surface area contributed by atoms with Crippen molar-refractivity contribution < 1.29 is 13.2 Å². The van der Waals surface area contributed by atoms with E-state index in [4.69, 9.17) is 0 Å². The Bertz CT molecular complexity index is 627. The third-order valence-electron chi connectivity index (χ3n) is 3.81. The van der Waals surface area contributed by atoms with Crippen molar-refractivity contribution in [2.45, 2.75) is 24.9 Å². The van der Waals surface area contributed by atoms with Crippen LogP contribution < -0.4 is 10.6 Å². The van der Waals surface area contributed by atoms with Gasteiger partial charge >= 0.3 is 0 Å². The molecular formula is C13H23N5O3S. The highest BCUT2D eigenvalue weighted by molar-refractivity contribution is 7.88. The van der Waals surface area contributed by atoms with Crippen molar-refractivity contribution in [3.63, 3.8) is 0 Å². The molecule has 0 radical (unpaired) electrons. The number of hydrogen-bond acceptors (Lipinski definition) is 5. The molecule has 1 amide bonds. The molecule has 1 aromatic heterocycles. The van der Waals surface area contributed by atoms with Crippen molar-refractivity contribution in [1.29, 1.82) is 0 Å². The molecule has 22 heavy (non-hydrogen) atoms. The van der Waals surface area contributed by atoms with E-state index in [1.807, 2.05) is 0 Å². The van der Waals surface area contributed by atoms with Crippen molar-refractivity contribution in [3.8, 4) is 0 Å². The minimum atomic E-state index is -3.22. The molecule has 1 aliphatic heterocycles. The number of amides is 1. The number of carbonyl (C=O) groups is 1. The van der Waals surface area contributed by atoms with Crippen molar-refractivity contribution in [2.75, 3.05) is 26.4 Å². The van der Waals surface area contributed by atoms with Crippen molar-refractivity contribution in [1.82, 2.24) is 24.7 Å². The second-order valence-corrected chi connectivity index (χ2v) is 7.62. The van der Waals surface area contributed by atoms with E-state index in [1.165, 1.54) is 10.6 Å².